The Morgan fingerprint density at radius 2 is 2.03 bits per heavy atom. The van der Waals surface area contributed by atoms with Crippen LogP contribution in [0.5, 0.6) is 0 Å². The average Bonchev–Trinajstić information content (AvgIpc) is 3.57. The number of thioether (sulfide) groups is 1. The minimum atomic E-state index is -3.65. The first-order valence-electron chi connectivity index (χ1n) is 11.9. The third-order valence-electron chi connectivity index (χ3n) is 6.19. The van der Waals surface area contributed by atoms with Gasteiger partial charge in [-0.1, -0.05) is 23.8 Å². The van der Waals surface area contributed by atoms with Crippen molar-refractivity contribution >= 4 is 56.1 Å². The molecule has 1 aromatic carbocycles. The Kier molecular flexibility index (Phi) is 8.72. The number of nitrogens with one attached hydrogen (secondary N) is 4. The number of fused-ring (bicyclic) bond motifs is 1. The number of urea groups is 1. The fourth-order valence-corrected chi connectivity index (χ4v) is 7.41. The summed E-state index contributed by atoms with van der Waals surface area (Å²) in [5.41, 5.74) is 0.200. The van der Waals surface area contributed by atoms with Crippen molar-refractivity contribution in [2.45, 2.75) is 54.5 Å². The number of carbonyl (C=O) groups excluding carboxylic acids is 3. The molecule has 2 aromatic rings. The monoisotopic (exact) mass is 566 g/mol. The summed E-state index contributed by atoms with van der Waals surface area (Å²) in [6.07, 6.45) is 4.66. The zero-order valence-corrected chi connectivity index (χ0v) is 23.0. The summed E-state index contributed by atoms with van der Waals surface area (Å²) >= 11 is 3.11. The number of sulfonamides is 1. The maximum atomic E-state index is 12.6. The SMILES string of the molecule is CN(C)S(=O)(=O)c1cccc(C(=O)Nc2ncc(CNC(=O)CCCC[C@@H]3SC[C@@H]4NC(=O)N[C@@H]43)s2)c1. The van der Waals surface area contributed by atoms with Gasteiger partial charge in [-0.25, -0.2) is 22.5 Å². The molecule has 0 unspecified atom stereocenters. The molecule has 2 saturated heterocycles. The van der Waals surface area contributed by atoms with E-state index in [9.17, 15) is 22.8 Å². The molecule has 2 fully saturated rings. The second-order valence-corrected chi connectivity index (χ2v) is 13.6. The Hall–Kier alpha value is -2.68. The molecule has 200 valence electrons. The number of thiazole rings is 1. The van der Waals surface area contributed by atoms with Crippen molar-refractivity contribution in [2.75, 3.05) is 25.2 Å². The minimum absolute atomic E-state index is 0.0289. The van der Waals surface area contributed by atoms with Gasteiger partial charge in [-0.3, -0.25) is 14.9 Å². The molecule has 4 N–H and O–H groups in total. The van der Waals surface area contributed by atoms with Crippen molar-refractivity contribution in [1.82, 2.24) is 25.2 Å². The highest BCUT2D eigenvalue weighted by atomic mass is 32.2. The molecule has 0 aliphatic carbocycles. The van der Waals surface area contributed by atoms with Gasteiger partial charge in [-0.05, 0) is 31.0 Å². The molecule has 0 bridgehead atoms. The molecule has 1 aromatic heterocycles. The largest absolute Gasteiger partial charge is 0.351 e. The second kappa shape index (κ2) is 11.8. The average molecular weight is 567 g/mol. The van der Waals surface area contributed by atoms with Crippen LogP contribution in [0.4, 0.5) is 9.93 Å². The first-order chi connectivity index (χ1) is 17.6. The molecule has 11 nitrogen and oxygen atoms in total. The quantitative estimate of drug-likeness (QED) is 0.240. The molecule has 3 atom stereocenters. The molecule has 4 rings (SSSR count). The first-order valence-corrected chi connectivity index (χ1v) is 15.2. The lowest BCUT2D eigenvalue weighted by atomic mass is 10.0. The topological polar surface area (TPSA) is 150 Å². The van der Waals surface area contributed by atoms with Crippen LogP contribution in [0.15, 0.2) is 35.4 Å². The molecule has 2 aliphatic heterocycles. The summed E-state index contributed by atoms with van der Waals surface area (Å²) in [5, 5.41) is 12.2. The van der Waals surface area contributed by atoms with Crippen molar-refractivity contribution in [3.05, 3.63) is 40.9 Å². The summed E-state index contributed by atoms with van der Waals surface area (Å²) < 4.78 is 25.7. The number of carbonyl (C=O) groups is 3. The summed E-state index contributed by atoms with van der Waals surface area (Å²) in [4.78, 5) is 41.3. The van der Waals surface area contributed by atoms with Gasteiger partial charge in [0.05, 0.1) is 23.5 Å². The molecule has 2 aliphatic rings. The number of unbranched alkanes of at least 4 members (excludes halogenated alkanes) is 1. The van der Waals surface area contributed by atoms with Crippen LogP contribution in [0.3, 0.4) is 0 Å². The normalized spacial score (nSPS) is 20.8. The molecule has 0 saturated carbocycles. The van der Waals surface area contributed by atoms with Gasteiger partial charge in [0.15, 0.2) is 5.13 Å². The maximum absolute atomic E-state index is 12.6. The molecule has 0 radical (unpaired) electrons. The van der Waals surface area contributed by atoms with Gasteiger partial charge in [-0.15, -0.1) is 0 Å². The molecule has 4 amide bonds. The number of rotatable bonds is 11. The summed E-state index contributed by atoms with van der Waals surface area (Å²) in [5.74, 6) is 0.405. The van der Waals surface area contributed by atoms with Gasteiger partial charge in [0.25, 0.3) is 5.91 Å². The summed E-state index contributed by atoms with van der Waals surface area (Å²) in [6, 6.07) is 6.11. The Morgan fingerprint density at radius 3 is 2.81 bits per heavy atom. The van der Waals surface area contributed by atoms with E-state index in [2.05, 4.69) is 26.3 Å². The zero-order valence-electron chi connectivity index (χ0n) is 20.5. The van der Waals surface area contributed by atoms with Gasteiger partial charge < -0.3 is 16.0 Å². The van der Waals surface area contributed by atoms with E-state index in [1.54, 1.807) is 6.20 Å². The number of benzene rings is 1. The fraction of sp³-hybridized carbons (Fsp3) is 0.478. The highest BCUT2D eigenvalue weighted by Gasteiger charge is 2.42. The molecular formula is C23H30N6O5S3. The predicted octanol–water partition coefficient (Wildman–Crippen LogP) is 1.99. The smallest absolute Gasteiger partial charge is 0.315 e. The minimum Gasteiger partial charge on any atom is -0.351 e. The zero-order chi connectivity index (χ0) is 26.6. The summed E-state index contributed by atoms with van der Waals surface area (Å²) in [7, 11) is -0.798. The fourth-order valence-electron chi connectivity index (χ4n) is 4.17. The molecule has 37 heavy (non-hydrogen) atoms. The molecule has 14 heteroatoms. The number of amides is 4. The third kappa shape index (κ3) is 6.80. The van der Waals surface area contributed by atoms with E-state index in [0.717, 1.165) is 34.2 Å². The van der Waals surface area contributed by atoms with E-state index in [4.69, 9.17) is 0 Å². The van der Waals surface area contributed by atoms with Crippen LogP contribution in [-0.2, 0) is 21.4 Å². The Balaban J connectivity index is 1.18. The Morgan fingerprint density at radius 1 is 1.22 bits per heavy atom. The van der Waals surface area contributed by atoms with Crippen LogP contribution >= 0.6 is 23.1 Å². The van der Waals surface area contributed by atoms with E-state index in [0.29, 0.717) is 23.3 Å². The number of nitrogens with zero attached hydrogens (tertiary/aromatic N) is 2. The number of aromatic nitrogens is 1. The molecule has 0 spiro atoms. The van der Waals surface area contributed by atoms with Crippen LogP contribution in [-0.4, -0.2) is 72.7 Å². The lowest BCUT2D eigenvalue weighted by Crippen LogP contribution is -2.36. The Bertz CT molecular complexity index is 1270. The van der Waals surface area contributed by atoms with Gasteiger partial charge in [0.2, 0.25) is 15.9 Å². The first kappa shape index (κ1) is 27.4. The van der Waals surface area contributed by atoms with Crippen LogP contribution in [0.2, 0.25) is 0 Å². The van der Waals surface area contributed by atoms with E-state index in [1.807, 2.05) is 11.8 Å². The van der Waals surface area contributed by atoms with E-state index >= 15 is 0 Å². The van der Waals surface area contributed by atoms with Gasteiger partial charge in [0.1, 0.15) is 0 Å². The van der Waals surface area contributed by atoms with Crippen LogP contribution in [0, 0.1) is 0 Å². The highest BCUT2D eigenvalue weighted by Crippen LogP contribution is 2.33. The maximum Gasteiger partial charge on any atom is 0.315 e. The van der Waals surface area contributed by atoms with Gasteiger partial charge in [0, 0.05) is 48.2 Å². The van der Waals surface area contributed by atoms with E-state index in [-0.39, 0.29) is 34.5 Å². The summed E-state index contributed by atoms with van der Waals surface area (Å²) in [6.45, 7) is 0.308. The van der Waals surface area contributed by atoms with Crippen molar-refractivity contribution in [3.8, 4) is 0 Å². The second-order valence-electron chi connectivity index (χ2n) is 9.05. The lowest BCUT2D eigenvalue weighted by Gasteiger charge is -2.16. The van der Waals surface area contributed by atoms with Crippen LogP contribution < -0.4 is 21.3 Å². The lowest BCUT2D eigenvalue weighted by molar-refractivity contribution is -0.121. The highest BCUT2D eigenvalue weighted by molar-refractivity contribution is 8.00. The van der Waals surface area contributed by atoms with E-state index in [1.165, 1.54) is 49.7 Å². The van der Waals surface area contributed by atoms with Crippen LogP contribution in [0.25, 0.3) is 0 Å². The number of hydrogen-bond acceptors (Lipinski definition) is 8. The predicted molar refractivity (Wildman–Crippen MR) is 143 cm³/mol. The third-order valence-corrected chi connectivity index (χ3v) is 10.4. The molecule has 3 heterocycles. The van der Waals surface area contributed by atoms with Crippen molar-refractivity contribution in [3.63, 3.8) is 0 Å². The van der Waals surface area contributed by atoms with Gasteiger partial charge >= 0.3 is 6.03 Å². The number of hydrogen-bond donors (Lipinski definition) is 4. The van der Waals surface area contributed by atoms with Gasteiger partial charge in [-0.2, -0.15) is 11.8 Å². The molecular weight excluding hydrogens is 536 g/mol. The van der Waals surface area contributed by atoms with E-state index < -0.39 is 15.9 Å². The van der Waals surface area contributed by atoms with Crippen molar-refractivity contribution in [2.24, 2.45) is 0 Å². The van der Waals surface area contributed by atoms with Crippen LogP contribution in [0.1, 0.15) is 40.9 Å². The van der Waals surface area contributed by atoms with Crippen molar-refractivity contribution < 1.29 is 22.8 Å². The van der Waals surface area contributed by atoms with Crippen molar-refractivity contribution in [1.29, 1.82) is 0 Å². The Labute approximate surface area is 224 Å². The standard InChI is InChI=1S/C23H30N6O5S3/c1-29(2)37(33,34)16-7-5-6-14(10-16)21(31)28-23-25-12-15(36-23)11-24-19(30)9-4-3-8-18-20-17(13-35-18)26-22(32)27-20/h5-7,10,12,17-18,20H,3-4,8-9,11,13H2,1-2H3,(H,24,30)(H,25,28,31)(H2,26,27,32)/t17-,18-,20-/m0/s1. The number of anilines is 1.